The number of hydrogen-bond acceptors (Lipinski definition) is 2. The molecule has 0 atom stereocenters. The van der Waals surface area contributed by atoms with Crippen molar-refractivity contribution in [3.8, 4) is 11.5 Å². The Morgan fingerprint density at radius 3 is 1.62 bits per heavy atom. The normalized spacial score (nSPS) is 11.2. The first kappa shape index (κ1) is 22.9. The van der Waals surface area contributed by atoms with Gasteiger partial charge in [-0.1, -0.05) is 54.4 Å². The molecule has 0 N–H and O–H groups in total. The van der Waals surface area contributed by atoms with E-state index in [-0.39, 0.29) is 0 Å². The third-order valence-electron chi connectivity index (χ3n) is 5.50. The average Bonchev–Trinajstić information content (AvgIpc) is 2.65. The van der Waals surface area contributed by atoms with Crippen LogP contribution in [0.15, 0.2) is 0 Å². The summed E-state index contributed by atoms with van der Waals surface area (Å²) in [6, 6.07) is 0. The van der Waals surface area contributed by atoms with Crippen molar-refractivity contribution in [2.45, 2.75) is 106 Å². The van der Waals surface area contributed by atoms with Gasteiger partial charge >= 0.3 is 0 Å². The fourth-order valence-electron chi connectivity index (χ4n) is 3.86. The molecule has 0 amide bonds. The van der Waals surface area contributed by atoms with Crippen molar-refractivity contribution in [2.75, 3.05) is 13.2 Å². The van der Waals surface area contributed by atoms with Gasteiger partial charge in [0.2, 0.25) is 0 Å². The molecule has 26 heavy (non-hydrogen) atoms. The monoisotopic (exact) mass is 362 g/mol. The molecule has 1 aromatic rings. The van der Waals surface area contributed by atoms with Crippen LogP contribution in [-0.4, -0.2) is 13.2 Å². The zero-order valence-corrected chi connectivity index (χ0v) is 18.5. The Bertz CT molecular complexity index is 530. The minimum absolute atomic E-state index is 0.543. The molecular weight excluding hydrogens is 320 g/mol. The topological polar surface area (TPSA) is 18.5 Å². The SMILES string of the molecule is CCCCOc1c(C)c(CC)c(OCCCC)c(C(CC)CC)c1CC. The summed E-state index contributed by atoms with van der Waals surface area (Å²) in [6.07, 6.45) is 8.84. The second-order valence-electron chi connectivity index (χ2n) is 7.28. The van der Waals surface area contributed by atoms with Gasteiger partial charge in [-0.3, -0.25) is 0 Å². The molecule has 0 saturated carbocycles. The Morgan fingerprint density at radius 1 is 0.692 bits per heavy atom. The summed E-state index contributed by atoms with van der Waals surface area (Å²) in [5, 5.41) is 0. The van der Waals surface area contributed by atoms with Crippen molar-refractivity contribution >= 4 is 0 Å². The second-order valence-corrected chi connectivity index (χ2v) is 7.28. The maximum Gasteiger partial charge on any atom is 0.126 e. The van der Waals surface area contributed by atoms with Gasteiger partial charge < -0.3 is 9.47 Å². The van der Waals surface area contributed by atoms with Crippen molar-refractivity contribution < 1.29 is 9.47 Å². The van der Waals surface area contributed by atoms with Gasteiger partial charge in [-0.15, -0.1) is 0 Å². The number of rotatable bonds is 13. The summed E-state index contributed by atoms with van der Waals surface area (Å²) in [6.45, 7) is 17.4. The van der Waals surface area contributed by atoms with E-state index in [0.717, 1.165) is 57.5 Å². The number of benzene rings is 1. The first-order valence-corrected chi connectivity index (χ1v) is 11.0. The van der Waals surface area contributed by atoms with Crippen LogP contribution in [-0.2, 0) is 12.8 Å². The van der Waals surface area contributed by atoms with E-state index in [2.05, 4.69) is 48.5 Å². The number of unbranched alkanes of at least 4 members (excludes halogenated alkanes) is 2. The molecule has 150 valence electrons. The molecule has 0 saturated heterocycles. The Labute approximate surface area is 162 Å². The molecule has 0 spiro atoms. The summed E-state index contributed by atoms with van der Waals surface area (Å²) in [5.74, 6) is 2.86. The molecule has 0 unspecified atom stereocenters. The van der Waals surface area contributed by atoms with E-state index in [9.17, 15) is 0 Å². The minimum atomic E-state index is 0.543. The lowest BCUT2D eigenvalue weighted by Crippen LogP contribution is -2.13. The van der Waals surface area contributed by atoms with Gasteiger partial charge in [-0.05, 0) is 56.9 Å². The Kier molecular flexibility index (Phi) is 10.8. The first-order valence-electron chi connectivity index (χ1n) is 11.0. The van der Waals surface area contributed by atoms with Crippen LogP contribution >= 0.6 is 0 Å². The van der Waals surface area contributed by atoms with E-state index in [1.165, 1.54) is 40.8 Å². The molecule has 0 heterocycles. The van der Waals surface area contributed by atoms with E-state index >= 15 is 0 Å². The Balaban J connectivity index is 3.56. The summed E-state index contributed by atoms with van der Waals surface area (Å²) < 4.78 is 12.8. The van der Waals surface area contributed by atoms with Crippen LogP contribution < -0.4 is 9.47 Å². The molecule has 1 aromatic carbocycles. The highest BCUT2D eigenvalue weighted by atomic mass is 16.5. The Hall–Kier alpha value is -1.18. The standard InChI is InChI=1S/C24H42O2/c1-8-14-16-25-23-18(7)20(12-5)24(26-17-15-9-2)22(21(23)13-6)19(10-3)11-4/h19H,8-17H2,1-7H3. The molecular formula is C24H42O2. The van der Waals surface area contributed by atoms with Crippen LogP contribution in [0.2, 0.25) is 0 Å². The Morgan fingerprint density at radius 2 is 1.19 bits per heavy atom. The van der Waals surface area contributed by atoms with E-state index in [1.54, 1.807) is 0 Å². The van der Waals surface area contributed by atoms with Gasteiger partial charge in [-0.2, -0.15) is 0 Å². The highest BCUT2D eigenvalue weighted by molar-refractivity contribution is 5.60. The van der Waals surface area contributed by atoms with E-state index < -0.39 is 0 Å². The quantitative estimate of drug-likeness (QED) is 0.341. The van der Waals surface area contributed by atoms with E-state index in [0.29, 0.717) is 5.92 Å². The zero-order chi connectivity index (χ0) is 19.5. The smallest absolute Gasteiger partial charge is 0.126 e. The van der Waals surface area contributed by atoms with Gasteiger partial charge in [0.15, 0.2) is 0 Å². The van der Waals surface area contributed by atoms with Gasteiger partial charge in [0.1, 0.15) is 11.5 Å². The highest BCUT2D eigenvalue weighted by Gasteiger charge is 2.26. The molecule has 0 aliphatic heterocycles. The first-order chi connectivity index (χ1) is 12.6. The molecule has 0 aliphatic rings. The molecule has 1 rings (SSSR count). The predicted octanol–water partition coefficient (Wildman–Crippen LogP) is 7.38. The van der Waals surface area contributed by atoms with Crippen LogP contribution in [0.3, 0.4) is 0 Å². The van der Waals surface area contributed by atoms with E-state index in [4.69, 9.17) is 9.47 Å². The third kappa shape index (κ3) is 5.41. The molecule has 0 bridgehead atoms. The second kappa shape index (κ2) is 12.3. The van der Waals surface area contributed by atoms with Crippen LogP contribution in [0.5, 0.6) is 11.5 Å². The molecule has 0 radical (unpaired) electrons. The average molecular weight is 363 g/mol. The summed E-state index contributed by atoms with van der Waals surface area (Å²) >= 11 is 0. The maximum atomic E-state index is 6.43. The summed E-state index contributed by atoms with van der Waals surface area (Å²) in [5.41, 5.74) is 5.46. The molecule has 2 nitrogen and oxygen atoms in total. The van der Waals surface area contributed by atoms with E-state index in [1.807, 2.05) is 0 Å². The lowest BCUT2D eigenvalue weighted by atomic mass is 9.83. The minimum Gasteiger partial charge on any atom is -0.493 e. The zero-order valence-electron chi connectivity index (χ0n) is 18.5. The van der Waals surface area contributed by atoms with Gasteiger partial charge in [-0.25, -0.2) is 0 Å². The lowest BCUT2D eigenvalue weighted by molar-refractivity contribution is 0.289. The van der Waals surface area contributed by atoms with Crippen LogP contribution in [0.25, 0.3) is 0 Å². The predicted molar refractivity (Wildman–Crippen MR) is 114 cm³/mol. The highest BCUT2D eigenvalue weighted by Crippen LogP contribution is 2.45. The molecule has 0 aliphatic carbocycles. The van der Waals surface area contributed by atoms with Crippen LogP contribution in [0, 0.1) is 6.92 Å². The van der Waals surface area contributed by atoms with Crippen molar-refractivity contribution in [1.29, 1.82) is 0 Å². The molecule has 2 heteroatoms. The maximum absolute atomic E-state index is 6.43. The lowest BCUT2D eigenvalue weighted by Gasteiger charge is -2.28. The largest absolute Gasteiger partial charge is 0.493 e. The van der Waals surface area contributed by atoms with Crippen molar-refractivity contribution in [1.82, 2.24) is 0 Å². The van der Waals surface area contributed by atoms with Gasteiger partial charge in [0, 0.05) is 16.7 Å². The van der Waals surface area contributed by atoms with Crippen molar-refractivity contribution in [2.24, 2.45) is 0 Å². The van der Waals surface area contributed by atoms with Gasteiger partial charge in [0.05, 0.1) is 13.2 Å². The van der Waals surface area contributed by atoms with Crippen LogP contribution in [0.1, 0.15) is 108 Å². The number of hydrogen-bond donors (Lipinski definition) is 0. The summed E-state index contributed by atoms with van der Waals surface area (Å²) in [4.78, 5) is 0. The van der Waals surface area contributed by atoms with Crippen LogP contribution in [0.4, 0.5) is 0 Å². The molecule has 0 fully saturated rings. The summed E-state index contributed by atoms with van der Waals surface area (Å²) in [7, 11) is 0. The number of ether oxygens (including phenoxy) is 2. The van der Waals surface area contributed by atoms with Crippen molar-refractivity contribution in [3.05, 3.63) is 22.3 Å². The fraction of sp³-hybridized carbons (Fsp3) is 0.750. The van der Waals surface area contributed by atoms with Gasteiger partial charge in [0.25, 0.3) is 0 Å². The fourth-order valence-corrected chi connectivity index (χ4v) is 3.86. The third-order valence-corrected chi connectivity index (χ3v) is 5.50. The molecule has 0 aromatic heterocycles. The van der Waals surface area contributed by atoms with Crippen molar-refractivity contribution in [3.63, 3.8) is 0 Å².